The van der Waals surface area contributed by atoms with Crippen LogP contribution in [0.5, 0.6) is 0 Å². The van der Waals surface area contributed by atoms with Crippen molar-refractivity contribution >= 4 is 40.1 Å². The molecule has 5 rings (SSSR count). The van der Waals surface area contributed by atoms with Crippen LogP contribution in [-0.2, 0) is 13.0 Å². The number of nitrogens with zero attached hydrogens (tertiary/aromatic N) is 5. The van der Waals surface area contributed by atoms with Gasteiger partial charge in [-0.2, -0.15) is 0 Å². The molecule has 0 unspecified atom stereocenters. The highest BCUT2D eigenvalue weighted by Crippen LogP contribution is 2.30. The van der Waals surface area contributed by atoms with Gasteiger partial charge < -0.3 is 10.6 Å². The van der Waals surface area contributed by atoms with Crippen LogP contribution < -0.4 is 10.6 Å². The van der Waals surface area contributed by atoms with Crippen LogP contribution in [0.3, 0.4) is 0 Å². The van der Waals surface area contributed by atoms with Crippen molar-refractivity contribution in [2.75, 3.05) is 11.4 Å². The molecule has 1 aliphatic heterocycles. The number of fused-ring (bicyclic) bond motifs is 2. The lowest BCUT2D eigenvalue weighted by molar-refractivity contribution is 0.704. The van der Waals surface area contributed by atoms with Gasteiger partial charge in [-0.05, 0) is 42.7 Å². The predicted molar refractivity (Wildman–Crippen MR) is 117 cm³/mol. The molecule has 0 saturated heterocycles. The quantitative estimate of drug-likeness (QED) is 0.669. The maximum Gasteiger partial charge on any atom is 0.140 e. The molecule has 3 heterocycles. The molecule has 2 aliphatic rings. The van der Waals surface area contributed by atoms with Gasteiger partial charge in [0.1, 0.15) is 12.1 Å². The van der Waals surface area contributed by atoms with Gasteiger partial charge in [-0.15, -0.1) is 0 Å². The van der Waals surface area contributed by atoms with Crippen LogP contribution in [0.15, 0.2) is 48.0 Å². The van der Waals surface area contributed by atoms with Crippen molar-refractivity contribution in [3.63, 3.8) is 0 Å². The van der Waals surface area contributed by atoms with Gasteiger partial charge in [-0.1, -0.05) is 11.6 Å². The fourth-order valence-electron chi connectivity index (χ4n) is 3.66. The summed E-state index contributed by atoms with van der Waals surface area (Å²) >= 11 is 6.22. The minimum Gasteiger partial charge on any atom is -0.404 e. The summed E-state index contributed by atoms with van der Waals surface area (Å²) in [6.45, 7) is 1.58. The molecule has 1 saturated carbocycles. The van der Waals surface area contributed by atoms with E-state index in [9.17, 15) is 0 Å². The van der Waals surface area contributed by atoms with Crippen LogP contribution in [-0.4, -0.2) is 33.8 Å². The number of rotatable bonds is 4. The van der Waals surface area contributed by atoms with E-state index in [1.165, 1.54) is 18.4 Å². The molecule has 0 amide bonds. The highest BCUT2D eigenvalue weighted by Gasteiger charge is 2.22. The number of hydrogen-bond acceptors (Lipinski definition) is 6. The predicted octanol–water partition coefficient (Wildman–Crippen LogP) is 3.77. The zero-order chi connectivity index (χ0) is 19.8. The number of halogens is 1. The number of pyridine rings is 1. The molecule has 1 fully saturated rings. The summed E-state index contributed by atoms with van der Waals surface area (Å²) in [6.07, 6.45) is 10.2. The molecule has 7 heteroatoms. The van der Waals surface area contributed by atoms with Crippen molar-refractivity contribution in [3.8, 4) is 0 Å². The van der Waals surface area contributed by atoms with E-state index in [1.54, 1.807) is 12.5 Å². The van der Waals surface area contributed by atoms with Crippen molar-refractivity contribution in [2.45, 2.75) is 31.8 Å². The average molecular weight is 405 g/mol. The molecule has 146 valence electrons. The molecule has 0 atom stereocenters. The van der Waals surface area contributed by atoms with Crippen LogP contribution in [0.25, 0.3) is 16.5 Å². The molecule has 0 spiro atoms. The third-order valence-electron chi connectivity index (χ3n) is 5.40. The van der Waals surface area contributed by atoms with Crippen LogP contribution in [0.2, 0.25) is 5.02 Å². The lowest BCUT2D eigenvalue weighted by Crippen LogP contribution is -2.32. The smallest absolute Gasteiger partial charge is 0.140 e. The summed E-state index contributed by atoms with van der Waals surface area (Å²) in [5.74, 6) is 0.901. The van der Waals surface area contributed by atoms with Gasteiger partial charge in [-0.3, -0.25) is 9.98 Å². The minimum atomic E-state index is 0.462. The maximum absolute atomic E-state index is 6.22. The standard InChI is InChI=1S/C22H21ClN6/c23-17-1-4-21-19(8-17)22(28-13-27-21)29-6-5-20-15(12-29)7-14(10-26-20)16(9-24)11-25-18-2-3-18/h1,4,7-11,13,18H,2-3,5-6,12,24H2/b16-9+,25-11?. The zero-order valence-corrected chi connectivity index (χ0v) is 16.7. The summed E-state index contributed by atoms with van der Waals surface area (Å²) in [5.41, 5.74) is 11.0. The van der Waals surface area contributed by atoms with Gasteiger partial charge in [0.15, 0.2) is 0 Å². The van der Waals surface area contributed by atoms with Crippen LogP contribution in [0, 0.1) is 0 Å². The Bertz CT molecular complexity index is 1140. The van der Waals surface area contributed by atoms with Gasteiger partial charge in [0.25, 0.3) is 0 Å². The molecule has 3 aromatic rings. The molecule has 1 aliphatic carbocycles. The summed E-state index contributed by atoms with van der Waals surface area (Å²) in [6, 6.07) is 8.34. The first-order valence-corrected chi connectivity index (χ1v) is 10.2. The van der Waals surface area contributed by atoms with Gasteiger partial charge >= 0.3 is 0 Å². The number of aliphatic imine (C=N–C) groups is 1. The SMILES string of the molecule is N/C=C(\C=NC1CC1)c1cnc2c(c1)CN(c1ncnc3ccc(Cl)cc13)CC2. The van der Waals surface area contributed by atoms with E-state index in [0.29, 0.717) is 11.1 Å². The largest absolute Gasteiger partial charge is 0.404 e. The molecular formula is C22H21ClN6. The Hall–Kier alpha value is -2.99. The fraction of sp³-hybridized carbons (Fsp3) is 0.273. The third kappa shape index (κ3) is 3.68. The molecule has 6 nitrogen and oxygen atoms in total. The summed E-state index contributed by atoms with van der Waals surface area (Å²) in [5, 5.41) is 1.65. The fourth-order valence-corrected chi connectivity index (χ4v) is 3.83. The average Bonchev–Trinajstić information content (AvgIpc) is 3.57. The Kier molecular flexibility index (Phi) is 4.64. The van der Waals surface area contributed by atoms with Crippen LogP contribution in [0.4, 0.5) is 5.82 Å². The normalized spacial score (nSPS) is 17.1. The number of allylic oxidation sites excluding steroid dienone is 1. The zero-order valence-electron chi connectivity index (χ0n) is 15.9. The van der Waals surface area contributed by atoms with Gasteiger partial charge in [0, 0.05) is 65.4 Å². The first-order chi connectivity index (χ1) is 14.2. The second-order valence-electron chi connectivity index (χ2n) is 7.49. The summed E-state index contributed by atoms with van der Waals surface area (Å²) in [4.78, 5) is 20.4. The third-order valence-corrected chi connectivity index (χ3v) is 5.63. The lowest BCUT2D eigenvalue weighted by Gasteiger charge is -2.30. The van der Waals surface area contributed by atoms with Crippen molar-refractivity contribution in [2.24, 2.45) is 10.7 Å². The first-order valence-electron chi connectivity index (χ1n) is 9.80. The van der Waals surface area contributed by atoms with Gasteiger partial charge in [0.05, 0.1) is 11.6 Å². The van der Waals surface area contributed by atoms with E-state index in [2.05, 4.69) is 25.9 Å². The lowest BCUT2D eigenvalue weighted by atomic mass is 10.0. The topological polar surface area (TPSA) is 80.3 Å². The highest BCUT2D eigenvalue weighted by atomic mass is 35.5. The summed E-state index contributed by atoms with van der Waals surface area (Å²) in [7, 11) is 0. The molecule has 2 N–H and O–H groups in total. The molecule has 0 bridgehead atoms. The summed E-state index contributed by atoms with van der Waals surface area (Å²) < 4.78 is 0. The Balaban J connectivity index is 1.47. The van der Waals surface area contributed by atoms with E-state index in [4.69, 9.17) is 22.3 Å². The second-order valence-corrected chi connectivity index (χ2v) is 7.93. The molecule has 0 radical (unpaired) electrons. The Morgan fingerprint density at radius 1 is 1.21 bits per heavy atom. The molecule has 2 aromatic heterocycles. The van der Waals surface area contributed by atoms with E-state index >= 15 is 0 Å². The Morgan fingerprint density at radius 2 is 2.10 bits per heavy atom. The van der Waals surface area contributed by atoms with E-state index < -0.39 is 0 Å². The maximum atomic E-state index is 6.22. The van der Waals surface area contributed by atoms with E-state index in [-0.39, 0.29) is 0 Å². The highest BCUT2D eigenvalue weighted by molar-refractivity contribution is 6.31. The monoisotopic (exact) mass is 404 g/mol. The first kappa shape index (κ1) is 18.1. The Labute approximate surface area is 174 Å². The number of anilines is 1. The molecule has 29 heavy (non-hydrogen) atoms. The van der Waals surface area contributed by atoms with Crippen LogP contribution >= 0.6 is 11.6 Å². The second kappa shape index (κ2) is 7.44. The van der Waals surface area contributed by atoms with Gasteiger partial charge in [-0.25, -0.2) is 9.97 Å². The molecule has 1 aromatic carbocycles. The molecular weight excluding hydrogens is 384 g/mol. The number of aromatic nitrogens is 3. The number of benzene rings is 1. The van der Waals surface area contributed by atoms with Gasteiger partial charge in [0.2, 0.25) is 0 Å². The van der Waals surface area contributed by atoms with E-state index in [0.717, 1.165) is 53.1 Å². The van der Waals surface area contributed by atoms with Crippen molar-refractivity contribution in [1.29, 1.82) is 0 Å². The number of nitrogens with two attached hydrogens (primary N) is 1. The van der Waals surface area contributed by atoms with Crippen molar-refractivity contribution in [1.82, 2.24) is 15.0 Å². The van der Waals surface area contributed by atoms with E-state index in [1.807, 2.05) is 30.6 Å². The number of hydrogen-bond donors (Lipinski definition) is 1. The minimum absolute atomic E-state index is 0.462. The van der Waals surface area contributed by atoms with Crippen molar-refractivity contribution < 1.29 is 0 Å². The van der Waals surface area contributed by atoms with Crippen molar-refractivity contribution in [3.05, 3.63) is 64.8 Å². The Morgan fingerprint density at radius 3 is 2.93 bits per heavy atom. The van der Waals surface area contributed by atoms with Crippen LogP contribution in [0.1, 0.15) is 29.7 Å².